The molecule has 1 aromatic carbocycles. The van der Waals surface area contributed by atoms with E-state index < -0.39 is 0 Å². The molecule has 3 N–H and O–H groups in total. The van der Waals surface area contributed by atoms with Crippen molar-refractivity contribution in [1.29, 1.82) is 0 Å². The third kappa shape index (κ3) is 3.90. The van der Waals surface area contributed by atoms with E-state index in [-0.39, 0.29) is 11.9 Å². The van der Waals surface area contributed by atoms with Gasteiger partial charge in [0.15, 0.2) is 0 Å². The number of benzene rings is 1. The smallest absolute Gasteiger partial charge is 0.252 e. The van der Waals surface area contributed by atoms with Crippen molar-refractivity contribution in [3.8, 4) is 11.8 Å². The average Bonchev–Trinajstić information content (AvgIpc) is 2.36. The molecule has 0 aliphatic carbocycles. The summed E-state index contributed by atoms with van der Waals surface area (Å²) in [4.78, 5) is 12.1. The molecule has 1 amide bonds. The molecule has 0 aliphatic heterocycles. The summed E-state index contributed by atoms with van der Waals surface area (Å²) in [5.41, 5.74) is 6.67. The zero-order valence-corrected chi connectivity index (χ0v) is 11.2. The van der Waals surface area contributed by atoms with Gasteiger partial charge in [-0.1, -0.05) is 37.8 Å². The Kier molecular flexibility index (Phi) is 5.41. The highest BCUT2D eigenvalue weighted by Crippen LogP contribution is 2.09. The van der Waals surface area contributed by atoms with Crippen molar-refractivity contribution < 1.29 is 4.79 Å². The molecule has 0 aromatic heterocycles. The first-order chi connectivity index (χ1) is 8.56. The van der Waals surface area contributed by atoms with Gasteiger partial charge in [-0.25, -0.2) is 0 Å². The molecular weight excluding hydrogens is 224 g/mol. The van der Waals surface area contributed by atoms with Crippen LogP contribution in [0.5, 0.6) is 0 Å². The molecule has 3 heteroatoms. The molecular formula is C15H20N2O. The van der Waals surface area contributed by atoms with Crippen molar-refractivity contribution in [2.75, 3.05) is 6.54 Å². The summed E-state index contributed by atoms with van der Waals surface area (Å²) in [5.74, 6) is 6.01. The number of nitrogens with two attached hydrogens (primary N) is 1. The maximum Gasteiger partial charge on any atom is 0.252 e. The van der Waals surface area contributed by atoms with Crippen molar-refractivity contribution >= 4 is 5.91 Å². The Labute approximate surface area is 109 Å². The number of carbonyl (C=O) groups excluding carboxylic acids is 1. The Hall–Kier alpha value is -1.79. The fourth-order valence-corrected chi connectivity index (χ4v) is 1.39. The van der Waals surface area contributed by atoms with Crippen LogP contribution >= 0.6 is 0 Å². The molecule has 0 radical (unpaired) electrons. The van der Waals surface area contributed by atoms with Gasteiger partial charge in [0.25, 0.3) is 5.91 Å². The van der Waals surface area contributed by atoms with E-state index in [0.29, 0.717) is 18.0 Å². The number of carbonyl (C=O) groups is 1. The first kappa shape index (κ1) is 14.3. The Balaban J connectivity index is 2.92. The van der Waals surface area contributed by atoms with E-state index >= 15 is 0 Å². The van der Waals surface area contributed by atoms with Crippen LogP contribution in [0.15, 0.2) is 24.3 Å². The molecule has 1 rings (SSSR count). The number of hydrogen-bond donors (Lipinski definition) is 2. The molecule has 0 bridgehead atoms. The molecule has 0 fully saturated rings. The number of hydrogen-bond acceptors (Lipinski definition) is 2. The van der Waals surface area contributed by atoms with Gasteiger partial charge in [-0.3, -0.25) is 4.79 Å². The SMILES string of the molecule is CC(C)C(C)NC(=O)c1ccccc1C#CCN. The molecule has 0 heterocycles. The minimum absolute atomic E-state index is 0.0851. The van der Waals surface area contributed by atoms with E-state index in [9.17, 15) is 4.79 Å². The molecule has 1 unspecified atom stereocenters. The van der Waals surface area contributed by atoms with Crippen LogP contribution in [-0.2, 0) is 0 Å². The summed E-state index contributed by atoms with van der Waals surface area (Å²) >= 11 is 0. The summed E-state index contributed by atoms with van der Waals surface area (Å²) in [6.45, 7) is 6.44. The van der Waals surface area contributed by atoms with E-state index in [1.807, 2.05) is 25.1 Å². The van der Waals surface area contributed by atoms with E-state index in [0.717, 1.165) is 5.56 Å². The van der Waals surface area contributed by atoms with Gasteiger partial charge in [0.2, 0.25) is 0 Å². The van der Waals surface area contributed by atoms with Gasteiger partial charge < -0.3 is 11.1 Å². The number of nitrogens with one attached hydrogen (secondary N) is 1. The normalized spacial score (nSPS) is 11.6. The summed E-state index contributed by atoms with van der Waals surface area (Å²) in [5, 5.41) is 2.97. The first-order valence-electron chi connectivity index (χ1n) is 6.15. The fourth-order valence-electron chi connectivity index (χ4n) is 1.39. The van der Waals surface area contributed by atoms with E-state index in [2.05, 4.69) is 31.0 Å². The summed E-state index contributed by atoms with van der Waals surface area (Å²) in [7, 11) is 0. The van der Waals surface area contributed by atoms with Crippen molar-refractivity contribution in [1.82, 2.24) is 5.32 Å². The van der Waals surface area contributed by atoms with Gasteiger partial charge in [0.05, 0.1) is 12.1 Å². The number of rotatable bonds is 3. The topological polar surface area (TPSA) is 55.1 Å². The molecule has 0 aliphatic rings. The highest BCUT2D eigenvalue weighted by atomic mass is 16.1. The molecule has 96 valence electrons. The minimum atomic E-state index is -0.0851. The van der Waals surface area contributed by atoms with E-state index in [4.69, 9.17) is 5.73 Å². The van der Waals surface area contributed by atoms with Crippen LogP contribution in [0.25, 0.3) is 0 Å². The third-order valence-corrected chi connectivity index (χ3v) is 2.86. The van der Waals surface area contributed by atoms with Crippen LogP contribution < -0.4 is 11.1 Å². The van der Waals surface area contributed by atoms with Crippen LogP contribution in [0.4, 0.5) is 0 Å². The van der Waals surface area contributed by atoms with Gasteiger partial charge in [-0.15, -0.1) is 0 Å². The molecule has 1 aromatic rings. The van der Waals surface area contributed by atoms with Gasteiger partial charge in [0.1, 0.15) is 0 Å². The average molecular weight is 244 g/mol. The van der Waals surface area contributed by atoms with Crippen LogP contribution in [0.2, 0.25) is 0 Å². The Morgan fingerprint density at radius 1 is 1.33 bits per heavy atom. The van der Waals surface area contributed by atoms with Crippen LogP contribution in [0, 0.1) is 17.8 Å². The van der Waals surface area contributed by atoms with Gasteiger partial charge in [0, 0.05) is 11.6 Å². The van der Waals surface area contributed by atoms with Crippen molar-refractivity contribution in [3.05, 3.63) is 35.4 Å². The predicted molar refractivity (Wildman–Crippen MR) is 74.1 cm³/mol. The zero-order valence-electron chi connectivity index (χ0n) is 11.2. The predicted octanol–water partition coefficient (Wildman–Crippen LogP) is 1.77. The fraction of sp³-hybridized carbons (Fsp3) is 0.400. The van der Waals surface area contributed by atoms with E-state index in [1.54, 1.807) is 6.07 Å². The van der Waals surface area contributed by atoms with Crippen LogP contribution in [0.3, 0.4) is 0 Å². The van der Waals surface area contributed by atoms with Crippen LogP contribution in [0.1, 0.15) is 36.7 Å². The quantitative estimate of drug-likeness (QED) is 0.796. The lowest BCUT2D eigenvalue weighted by Crippen LogP contribution is -2.36. The monoisotopic (exact) mass is 244 g/mol. The van der Waals surface area contributed by atoms with Crippen molar-refractivity contribution in [2.45, 2.75) is 26.8 Å². The lowest BCUT2D eigenvalue weighted by molar-refractivity contribution is 0.0930. The van der Waals surface area contributed by atoms with Crippen LogP contribution in [-0.4, -0.2) is 18.5 Å². The lowest BCUT2D eigenvalue weighted by atomic mass is 10.0. The second-order valence-corrected chi connectivity index (χ2v) is 4.56. The van der Waals surface area contributed by atoms with E-state index in [1.165, 1.54) is 0 Å². The van der Waals surface area contributed by atoms with Crippen molar-refractivity contribution in [3.63, 3.8) is 0 Å². The van der Waals surface area contributed by atoms with Crippen molar-refractivity contribution in [2.24, 2.45) is 11.7 Å². The second-order valence-electron chi connectivity index (χ2n) is 4.56. The Morgan fingerprint density at radius 3 is 2.61 bits per heavy atom. The standard InChI is InChI=1S/C15H20N2O/c1-11(2)12(3)17-15(18)14-9-5-4-7-13(14)8-6-10-16/h4-5,7,9,11-12H,10,16H2,1-3H3,(H,17,18). The molecule has 0 saturated heterocycles. The molecule has 3 nitrogen and oxygen atoms in total. The van der Waals surface area contributed by atoms with Gasteiger partial charge in [-0.05, 0) is 25.0 Å². The Bertz CT molecular complexity index is 469. The molecule has 0 spiro atoms. The molecule has 1 atom stereocenters. The summed E-state index contributed by atoms with van der Waals surface area (Å²) < 4.78 is 0. The minimum Gasteiger partial charge on any atom is -0.349 e. The second kappa shape index (κ2) is 6.83. The first-order valence-corrected chi connectivity index (χ1v) is 6.15. The highest BCUT2D eigenvalue weighted by Gasteiger charge is 2.14. The Morgan fingerprint density at radius 2 is 2.00 bits per heavy atom. The van der Waals surface area contributed by atoms with Gasteiger partial charge in [-0.2, -0.15) is 0 Å². The molecule has 18 heavy (non-hydrogen) atoms. The summed E-state index contributed by atoms with van der Waals surface area (Å²) in [6, 6.07) is 7.44. The lowest BCUT2D eigenvalue weighted by Gasteiger charge is -2.17. The highest BCUT2D eigenvalue weighted by molar-refractivity contribution is 5.96. The maximum atomic E-state index is 12.1. The third-order valence-electron chi connectivity index (χ3n) is 2.86. The molecule has 0 saturated carbocycles. The largest absolute Gasteiger partial charge is 0.349 e. The zero-order chi connectivity index (χ0) is 13.5. The summed E-state index contributed by atoms with van der Waals surface area (Å²) in [6.07, 6.45) is 0. The maximum absolute atomic E-state index is 12.1. The van der Waals surface area contributed by atoms with Gasteiger partial charge >= 0.3 is 0 Å². The number of amides is 1.